The van der Waals surface area contributed by atoms with Crippen molar-refractivity contribution in [1.82, 2.24) is 4.72 Å². The van der Waals surface area contributed by atoms with Crippen LogP contribution in [0.3, 0.4) is 0 Å². The van der Waals surface area contributed by atoms with Gasteiger partial charge in [0.15, 0.2) is 0 Å². The van der Waals surface area contributed by atoms with E-state index >= 15 is 0 Å². The molecule has 1 rings (SSSR count). The lowest BCUT2D eigenvalue weighted by atomic mass is 9.78. The third-order valence-electron chi connectivity index (χ3n) is 3.47. The topological polar surface area (TPSA) is 132 Å². The van der Waals surface area contributed by atoms with E-state index in [0.29, 0.717) is 4.72 Å². The van der Waals surface area contributed by atoms with Crippen molar-refractivity contribution < 1.29 is 44.6 Å². The number of hydrogen-bond donors (Lipinski definition) is 1. The van der Waals surface area contributed by atoms with E-state index in [-0.39, 0.29) is 0 Å². The molecule has 0 saturated heterocycles. The van der Waals surface area contributed by atoms with Gasteiger partial charge in [-0.15, -0.1) is 0 Å². The van der Waals surface area contributed by atoms with Crippen molar-refractivity contribution in [2.75, 3.05) is 0 Å². The van der Waals surface area contributed by atoms with Crippen molar-refractivity contribution in [1.29, 1.82) is 0 Å². The van der Waals surface area contributed by atoms with Gasteiger partial charge >= 0.3 is 21.7 Å². The van der Waals surface area contributed by atoms with Gasteiger partial charge < -0.3 is 0 Å². The van der Waals surface area contributed by atoms with Crippen molar-refractivity contribution in [3.8, 4) is 0 Å². The number of alkyl halides is 6. The molecule has 1 aliphatic carbocycles. The highest BCUT2D eigenvalue weighted by atomic mass is 32.2. The zero-order chi connectivity index (χ0) is 19.1. The Labute approximate surface area is 129 Å². The molecular weight excluding hydrogens is 380 g/mol. The zero-order valence-corrected chi connectivity index (χ0v) is 12.1. The molecule has 0 aromatic carbocycles. The van der Waals surface area contributed by atoms with Gasteiger partial charge in [-0.05, 0) is 0 Å². The van der Waals surface area contributed by atoms with Gasteiger partial charge in [0.05, 0.1) is 12.3 Å². The summed E-state index contributed by atoms with van der Waals surface area (Å²) in [4.78, 5) is 18.8. The lowest BCUT2D eigenvalue weighted by Gasteiger charge is -2.35. The molecule has 0 bridgehead atoms. The van der Waals surface area contributed by atoms with Gasteiger partial charge in [-0.2, -0.15) is 31.1 Å². The Morgan fingerprint density at radius 2 is 1.46 bits per heavy atom. The second-order valence-corrected chi connectivity index (χ2v) is 6.71. The average Bonchev–Trinajstić information content (AvgIpc) is 2.34. The Morgan fingerprint density at radius 3 is 1.79 bits per heavy atom. The molecule has 1 saturated carbocycles. The van der Waals surface area contributed by atoms with Crippen LogP contribution >= 0.6 is 0 Å². The molecule has 1 fully saturated rings. The SMILES string of the molecule is O=[N+]([O-])C1CC([N+](=O)[O-])C(NS(=O)(=O)C(F)(F)F)C(C(F)(F)F)C1. The Balaban J connectivity index is 3.33. The van der Waals surface area contributed by atoms with Crippen molar-refractivity contribution in [2.45, 2.75) is 42.7 Å². The van der Waals surface area contributed by atoms with E-state index in [9.17, 15) is 55.0 Å². The van der Waals surface area contributed by atoms with Gasteiger partial charge in [0, 0.05) is 16.3 Å². The second kappa shape index (κ2) is 6.30. The molecule has 0 aromatic rings. The molecule has 4 atom stereocenters. The van der Waals surface area contributed by atoms with Crippen LogP contribution in [0.4, 0.5) is 26.3 Å². The van der Waals surface area contributed by atoms with Crippen LogP contribution in [0, 0.1) is 26.1 Å². The molecule has 0 amide bonds. The van der Waals surface area contributed by atoms with Crippen molar-refractivity contribution in [3.63, 3.8) is 0 Å². The van der Waals surface area contributed by atoms with Crippen molar-refractivity contribution >= 4 is 10.0 Å². The fourth-order valence-corrected chi connectivity index (χ4v) is 3.18. The summed E-state index contributed by atoms with van der Waals surface area (Å²) in [5.41, 5.74) is -6.00. The zero-order valence-electron chi connectivity index (χ0n) is 11.2. The Kier molecular flexibility index (Phi) is 5.34. The maximum atomic E-state index is 13.0. The molecule has 9 nitrogen and oxygen atoms in total. The van der Waals surface area contributed by atoms with Crippen LogP contribution in [-0.2, 0) is 10.0 Å². The van der Waals surface area contributed by atoms with Crippen LogP contribution in [0.1, 0.15) is 12.8 Å². The first-order valence-corrected chi connectivity index (χ1v) is 7.48. The van der Waals surface area contributed by atoms with E-state index in [2.05, 4.69) is 0 Å². The fraction of sp³-hybridized carbons (Fsp3) is 1.00. The van der Waals surface area contributed by atoms with Crippen molar-refractivity contribution in [3.05, 3.63) is 20.2 Å². The molecule has 0 aliphatic heterocycles. The predicted molar refractivity (Wildman–Crippen MR) is 62.2 cm³/mol. The van der Waals surface area contributed by atoms with Gasteiger partial charge in [-0.1, -0.05) is 0 Å². The maximum absolute atomic E-state index is 13.0. The third-order valence-corrected chi connectivity index (χ3v) is 4.66. The summed E-state index contributed by atoms with van der Waals surface area (Å²) in [5, 5.41) is 21.5. The molecule has 0 radical (unpaired) electrons. The number of sulfonamides is 1. The van der Waals surface area contributed by atoms with E-state index < -0.39 is 68.4 Å². The van der Waals surface area contributed by atoms with E-state index in [1.807, 2.05) is 0 Å². The first-order chi connectivity index (χ1) is 10.6. The van der Waals surface area contributed by atoms with E-state index in [4.69, 9.17) is 0 Å². The van der Waals surface area contributed by atoms with Crippen LogP contribution in [0.5, 0.6) is 0 Å². The summed E-state index contributed by atoms with van der Waals surface area (Å²) < 4.78 is 98.6. The molecule has 16 heteroatoms. The Morgan fingerprint density at radius 1 is 0.958 bits per heavy atom. The second-order valence-electron chi connectivity index (χ2n) is 5.00. The molecule has 0 spiro atoms. The number of nitrogens with one attached hydrogen (secondary N) is 1. The third kappa shape index (κ3) is 4.22. The van der Waals surface area contributed by atoms with Gasteiger partial charge in [0.25, 0.3) is 0 Å². The quantitative estimate of drug-likeness (QED) is 0.434. The van der Waals surface area contributed by atoms with Crippen LogP contribution in [0.25, 0.3) is 0 Å². The molecule has 4 unspecified atom stereocenters. The molecule has 0 aromatic heterocycles. The van der Waals surface area contributed by atoms with Gasteiger partial charge in [-0.25, -0.2) is 8.42 Å². The van der Waals surface area contributed by atoms with Gasteiger partial charge in [0.2, 0.25) is 12.1 Å². The lowest BCUT2D eigenvalue weighted by molar-refractivity contribution is -0.575. The van der Waals surface area contributed by atoms with Crippen LogP contribution in [0.2, 0.25) is 0 Å². The molecule has 24 heavy (non-hydrogen) atoms. The smallest absolute Gasteiger partial charge is 0.264 e. The first kappa shape index (κ1) is 20.3. The number of rotatable bonds is 4. The molecule has 140 valence electrons. The minimum absolute atomic E-state index is 0.646. The minimum atomic E-state index is -6.32. The summed E-state index contributed by atoms with van der Waals surface area (Å²) in [6, 6.07) is -7.40. The monoisotopic (exact) mass is 389 g/mol. The molecular formula is C8H9F6N3O6S. The summed E-state index contributed by atoms with van der Waals surface area (Å²) in [5.74, 6) is -3.02. The normalized spacial score (nSPS) is 29.2. The summed E-state index contributed by atoms with van der Waals surface area (Å²) in [6.07, 6.45) is -7.91. The van der Waals surface area contributed by atoms with Crippen LogP contribution in [0.15, 0.2) is 0 Å². The number of hydrogen-bond acceptors (Lipinski definition) is 6. The predicted octanol–water partition coefficient (Wildman–Crippen LogP) is 1.06. The van der Waals surface area contributed by atoms with E-state index in [1.54, 1.807) is 0 Å². The van der Waals surface area contributed by atoms with Crippen molar-refractivity contribution in [2.24, 2.45) is 5.92 Å². The highest BCUT2D eigenvalue weighted by Gasteiger charge is 2.61. The van der Waals surface area contributed by atoms with Crippen LogP contribution in [-0.4, -0.2) is 48.1 Å². The average molecular weight is 389 g/mol. The largest absolute Gasteiger partial charge is 0.511 e. The summed E-state index contributed by atoms with van der Waals surface area (Å²) in [7, 11) is -6.32. The Hall–Kier alpha value is -1.71. The molecule has 1 N–H and O–H groups in total. The van der Waals surface area contributed by atoms with E-state index in [1.165, 1.54) is 0 Å². The first-order valence-electron chi connectivity index (χ1n) is 6.00. The lowest BCUT2D eigenvalue weighted by Crippen LogP contribution is -2.61. The maximum Gasteiger partial charge on any atom is 0.511 e. The van der Waals surface area contributed by atoms with E-state index in [0.717, 1.165) is 0 Å². The molecule has 1 aliphatic rings. The summed E-state index contributed by atoms with van der Waals surface area (Å²) in [6.45, 7) is 0. The highest BCUT2D eigenvalue weighted by molar-refractivity contribution is 7.90. The number of nitrogens with zero attached hydrogens (tertiary/aromatic N) is 2. The van der Waals surface area contributed by atoms with Gasteiger partial charge in [0.1, 0.15) is 6.04 Å². The number of halogens is 6. The fourth-order valence-electron chi connectivity index (χ4n) is 2.36. The van der Waals surface area contributed by atoms with Gasteiger partial charge in [-0.3, -0.25) is 20.2 Å². The number of nitro groups is 2. The molecule has 0 heterocycles. The standard InChI is InChI=1S/C8H9F6N3O6S/c9-7(10,11)4-1-3(16(18)19)2-5(17(20)21)6(4)15-24(22,23)8(12,13)14/h3-6,15H,1-2H2. The summed E-state index contributed by atoms with van der Waals surface area (Å²) >= 11 is 0. The minimum Gasteiger partial charge on any atom is -0.264 e. The van der Waals surface area contributed by atoms with Crippen LogP contribution < -0.4 is 4.72 Å². The Bertz CT molecular complexity index is 619. The highest BCUT2D eigenvalue weighted by Crippen LogP contribution is 2.40.